The monoisotopic (exact) mass is 654 g/mol. The molecule has 0 aliphatic carbocycles. The van der Waals surface area contributed by atoms with Crippen molar-refractivity contribution < 1.29 is 4.58 Å². The van der Waals surface area contributed by atoms with E-state index in [1.165, 1.54) is 61.4 Å². The zero-order valence-electron chi connectivity index (χ0n) is 30.4. The van der Waals surface area contributed by atoms with Crippen LogP contribution in [0.1, 0.15) is 61.9 Å². The molecule has 2 aliphatic heterocycles. The Morgan fingerprint density at radius 1 is 0.820 bits per heavy atom. The molecule has 2 atom stereocenters. The van der Waals surface area contributed by atoms with E-state index in [4.69, 9.17) is 6.57 Å². The fourth-order valence-electron chi connectivity index (χ4n) is 8.57. The first-order valence-corrected chi connectivity index (χ1v) is 18.0. The van der Waals surface area contributed by atoms with Gasteiger partial charge in [-0.15, -0.1) is 0 Å². The molecule has 7 rings (SSSR count). The van der Waals surface area contributed by atoms with Gasteiger partial charge in [0, 0.05) is 41.1 Å². The van der Waals surface area contributed by atoms with Gasteiger partial charge in [-0.3, -0.25) is 0 Å². The molecule has 0 aromatic heterocycles. The van der Waals surface area contributed by atoms with Crippen molar-refractivity contribution in [1.82, 2.24) is 0 Å². The van der Waals surface area contributed by atoms with Crippen molar-refractivity contribution in [3.05, 3.63) is 172 Å². The molecule has 5 aromatic rings. The van der Waals surface area contributed by atoms with Gasteiger partial charge < -0.3 is 4.90 Å². The van der Waals surface area contributed by atoms with E-state index in [1.54, 1.807) is 0 Å². The summed E-state index contributed by atoms with van der Waals surface area (Å²) in [5, 5.41) is 2.56. The Morgan fingerprint density at radius 3 is 2.30 bits per heavy atom. The number of fused-ring (bicyclic) bond motifs is 4. The molecule has 3 heteroatoms. The summed E-state index contributed by atoms with van der Waals surface area (Å²) in [4.78, 5) is 6.24. The van der Waals surface area contributed by atoms with E-state index in [0.29, 0.717) is 11.6 Å². The van der Waals surface area contributed by atoms with E-state index >= 15 is 0 Å². The van der Waals surface area contributed by atoms with Gasteiger partial charge in [-0.05, 0) is 97.2 Å². The van der Waals surface area contributed by atoms with E-state index in [0.717, 1.165) is 25.8 Å². The maximum Gasteiger partial charge on any atom is 0.210 e. The number of allylic oxidation sites excluding steroid dienone is 4. The molecule has 0 amide bonds. The van der Waals surface area contributed by atoms with Crippen LogP contribution < -0.4 is 4.90 Å². The van der Waals surface area contributed by atoms with Crippen LogP contribution in [-0.2, 0) is 23.7 Å². The Kier molecular flexibility index (Phi) is 8.83. The van der Waals surface area contributed by atoms with Gasteiger partial charge in [-0.1, -0.05) is 111 Å². The summed E-state index contributed by atoms with van der Waals surface area (Å²) >= 11 is 0. The van der Waals surface area contributed by atoms with Gasteiger partial charge in [0.2, 0.25) is 5.69 Å². The molecule has 0 saturated heterocycles. The van der Waals surface area contributed by atoms with Crippen molar-refractivity contribution in [1.29, 1.82) is 0 Å². The third-order valence-corrected chi connectivity index (χ3v) is 11.3. The lowest BCUT2D eigenvalue weighted by Gasteiger charge is -2.31. The highest BCUT2D eigenvalue weighted by Crippen LogP contribution is 2.50. The van der Waals surface area contributed by atoms with Crippen molar-refractivity contribution >= 4 is 33.5 Å². The zero-order chi connectivity index (χ0) is 35.0. The highest BCUT2D eigenvalue weighted by molar-refractivity contribution is 6.08. The predicted octanol–water partition coefficient (Wildman–Crippen LogP) is 11.4. The maximum absolute atomic E-state index is 7.47. The maximum atomic E-state index is 7.47. The number of benzene rings is 5. The topological polar surface area (TPSA) is 10.6 Å². The van der Waals surface area contributed by atoms with Gasteiger partial charge in [0.05, 0.1) is 12.0 Å². The fraction of sp³-hybridized carbons (Fsp3) is 0.277. The van der Waals surface area contributed by atoms with Gasteiger partial charge in [0.25, 0.3) is 0 Å². The average Bonchev–Trinajstić information content (AvgIpc) is 3.48. The van der Waals surface area contributed by atoms with Crippen molar-refractivity contribution in [2.24, 2.45) is 5.92 Å². The molecule has 0 bridgehead atoms. The standard InChI is InChI=1S/C47H48N3/c1-33(2)29-30-50-41-20-13-12-19-40(41)46(4,32-37-17-9-8-15-34(37)3)44(50)22-14-21-43-47(5,31-35-23-26-38(48-6)27-24-35)45-39-18-11-10-16-36(39)25-28-42(45)49(43)7/h8-28,33H,29-32H2,1-5,7H3/q+1. The number of anilines is 1. The van der Waals surface area contributed by atoms with Crippen molar-refractivity contribution in [3.63, 3.8) is 0 Å². The van der Waals surface area contributed by atoms with Crippen molar-refractivity contribution in [3.8, 4) is 0 Å². The van der Waals surface area contributed by atoms with Crippen LogP contribution in [0.4, 0.5) is 17.1 Å². The molecule has 2 aliphatic rings. The Balaban J connectivity index is 1.35. The van der Waals surface area contributed by atoms with Gasteiger partial charge in [-0.2, -0.15) is 4.58 Å². The summed E-state index contributed by atoms with van der Waals surface area (Å²) in [5.74, 6) is 0.614. The molecular weight excluding hydrogens is 607 g/mol. The molecule has 0 N–H and O–H groups in total. The number of rotatable bonds is 9. The summed E-state index contributed by atoms with van der Waals surface area (Å²) in [7, 11) is 2.22. The molecule has 0 saturated carbocycles. The van der Waals surface area contributed by atoms with Crippen LogP contribution in [0, 0.1) is 19.4 Å². The Morgan fingerprint density at radius 2 is 1.54 bits per heavy atom. The summed E-state index contributed by atoms with van der Waals surface area (Å²) in [6, 6.07) is 39.4. The molecule has 2 heterocycles. The molecule has 3 nitrogen and oxygen atoms in total. The summed E-state index contributed by atoms with van der Waals surface area (Å²) < 4.78 is 2.40. The van der Waals surface area contributed by atoms with Crippen LogP contribution in [0.25, 0.3) is 15.6 Å². The SMILES string of the molecule is [C-]#[N+]c1ccc(CC2(C)C(C=CC=C3N(CCC(C)C)c4ccccc4C3(C)Cc3ccccc3C)=[N+](C)c3ccc4ccccc4c32)cc1. The quantitative estimate of drug-likeness (QED) is 0.114. The molecule has 0 radical (unpaired) electrons. The summed E-state index contributed by atoms with van der Waals surface area (Å²) in [6.07, 6.45) is 10.0. The number of hydrogen-bond acceptors (Lipinski definition) is 1. The fourth-order valence-corrected chi connectivity index (χ4v) is 8.57. The second-order valence-electron chi connectivity index (χ2n) is 15.1. The lowest BCUT2D eigenvalue weighted by Crippen LogP contribution is -2.33. The van der Waals surface area contributed by atoms with Gasteiger partial charge in [0.1, 0.15) is 7.05 Å². The largest absolute Gasteiger partial charge is 0.344 e. The van der Waals surface area contributed by atoms with Crippen LogP contribution >= 0.6 is 0 Å². The first kappa shape index (κ1) is 33.3. The van der Waals surface area contributed by atoms with Crippen molar-refractivity contribution in [2.45, 2.75) is 64.7 Å². The summed E-state index contributed by atoms with van der Waals surface area (Å²) in [5.41, 5.74) is 12.2. The van der Waals surface area contributed by atoms with Crippen LogP contribution in [0.3, 0.4) is 0 Å². The number of para-hydroxylation sites is 1. The first-order chi connectivity index (χ1) is 24.1. The minimum absolute atomic E-state index is 0.177. The lowest BCUT2D eigenvalue weighted by atomic mass is 9.73. The Hall–Kier alpha value is -5.20. The van der Waals surface area contributed by atoms with E-state index in [9.17, 15) is 0 Å². The van der Waals surface area contributed by atoms with E-state index in [1.807, 2.05) is 12.1 Å². The molecule has 250 valence electrons. The molecule has 0 spiro atoms. The zero-order valence-corrected chi connectivity index (χ0v) is 30.4. The molecule has 0 fully saturated rings. The summed E-state index contributed by atoms with van der Waals surface area (Å²) in [6.45, 7) is 20.2. The van der Waals surface area contributed by atoms with E-state index in [-0.39, 0.29) is 10.8 Å². The van der Waals surface area contributed by atoms with E-state index in [2.05, 4.69) is 171 Å². The highest BCUT2D eigenvalue weighted by atomic mass is 15.2. The van der Waals surface area contributed by atoms with Gasteiger partial charge in [0.15, 0.2) is 11.4 Å². The normalized spacial score (nSPS) is 20.7. The van der Waals surface area contributed by atoms with Crippen LogP contribution in [0.15, 0.2) is 133 Å². The third kappa shape index (κ3) is 5.77. The smallest absolute Gasteiger partial charge is 0.210 e. The molecule has 2 unspecified atom stereocenters. The first-order valence-electron chi connectivity index (χ1n) is 18.0. The van der Waals surface area contributed by atoms with Gasteiger partial charge >= 0.3 is 0 Å². The Bertz CT molecular complexity index is 2210. The predicted molar refractivity (Wildman–Crippen MR) is 211 cm³/mol. The van der Waals surface area contributed by atoms with Crippen LogP contribution in [0.2, 0.25) is 0 Å². The average molecular weight is 655 g/mol. The van der Waals surface area contributed by atoms with Crippen LogP contribution in [-0.4, -0.2) is 23.9 Å². The van der Waals surface area contributed by atoms with Gasteiger partial charge in [-0.25, -0.2) is 4.85 Å². The molecule has 5 aromatic carbocycles. The van der Waals surface area contributed by atoms with Crippen LogP contribution in [0.5, 0.6) is 0 Å². The third-order valence-electron chi connectivity index (χ3n) is 11.3. The number of aryl methyl sites for hydroxylation is 1. The minimum atomic E-state index is -0.278. The molecule has 50 heavy (non-hydrogen) atoms. The minimum Gasteiger partial charge on any atom is -0.344 e. The Labute approximate surface area is 298 Å². The van der Waals surface area contributed by atoms with E-state index < -0.39 is 0 Å². The second-order valence-corrected chi connectivity index (χ2v) is 15.1. The highest BCUT2D eigenvalue weighted by Gasteiger charge is 2.48. The van der Waals surface area contributed by atoms with Crippen molar-refractivity contribution in [2.75, 3.05) is 18.5 Å². The lowest BCUT2D eigenvalue weighted by molar-refractivity contribution is -0.401. The number of nitrogens with zero attached hydrogens (tertiary/aromatic N) is 3. The second kappa shape index (κ2) is 13.3. The number of hydrogen-bond donors (Lipinski definition) is 0. The molecular formula is C47H48N3+.